The van der Waals surface area contributed by atoms with E-state index in [9.17, 15) is 0 Å². The summed E-state index contributed by atoms with van der Waals surface area (Å²) < 4.78 is 0. The zero-order chi connectivity index (χ0) is 11.4. The molecule has 0 N–H and O–H groups in total. The second kappa shape index (κ2) is 4.83. The highest BCUT2D eigenvalue weighted by Crippen LogP contribution is 2.28. The van der Waals surface area contributed by atoms with Crippen LogP contribution in [0.15, 0.2) is 54.6 Å². The van der Waals surface area contributed by atoms with Gasteiger partial charge in [-0.1, -0.05) is 42.5 Å². The summed E-state index contributed by atoms with van der Waals surface area (Å²) >= 11 is 6.34. The first-order chi connectivity index (χ1) is 7.81. The summed E-state index contributed by atoms with van der Waals surface area (Å²) in [6.45, 7) is 0. The molecule has 16 heavy (non-hydrogen) atoms. The second-order valence-corrected chi connectivity index (χ2v) is 3.94. The Bertz CT molecular complexity index is 497. The van der Waals surface area contributed by atoms with E-state index in [-0.39, 0.29) is 5.38 Å². The maximum atomic E-state index is 8.70. The highest BCUT2D eigenvalue weighted by molar-refractivity contribution is 6.22. The predicted molar refractivity (Wildman–Crippen MR) is 65.3 cm³/mol. The van der Waals surface area contributed by atoms with Crippen molar-refractivity contribution in [1.82, 2.24) is 0 Å². The Kier molecular flexibility index (Phi) is 3.24. The summed E-state index contributed by atoms with van der Waals surface area (Å²) in [5, 5.41) is 8.54. The minimum atomic E-state index is -0.158. The monoisotopic (exact) mass is 227 g/mol. The molecule has 78 valence electrons. The van der Waals surface area contributed by atoms with E-state index in [0.717, 1.165) is 11.1 Å². The van der Waals surface area contributed by atoms with Gasteiger partial charge in [0.25, 0.3) is 0 Å². The maximum absolute atomic E-state index is 8.70. The van der Waals surface area contributed by atoms with Crippen molar-refractivity contribution in [3.05, 3.63) is 71.3 Å². The first-order valence-corrected chi connectivity index (χ1v) is 5.44. The number of hydrogen-bond donors (Lipinski definition) is 0. The van der Waals surface area contributed by atoms with Crippen LogP contribution in [0.1, 0.15) is 22.1 Å². The van der Waals surface area contributed by atoms with Crippen LogP contribution in [0.4, 0.5) is 0 Å². The van der Waals surface area contributed by atoms with E-state index in [4.69, 9.17) is 16.9 Å². The Balaban J connectivity index is 2.28. The molecule has 0 amide bonds. The van der Waals surface area contributed by atoms with E-state index in [0.29, 0.717) is 5.56 Å². The number of nitrogens with zero attached hydrogens (tertiary/aromatic N) is 1. The molecule has 0 aromatic heterocycles. The summed E-state index contributed by atoms with van der Waals surface area (Å²) in [6.07, 6.45) is 0. The zero-order valence-corrected chi connectivity index (χ0v) is 9.35. The molecule has 1 nitrogen and oxygen atoms in total. The third-order valence-electron chi connectivity index (χ3n) is 2.42. The standard InChI is InChI=1S/C14H10ClN/c15-14(12-4-2-1-3-5-12)13-8-6-11(10-16)7-9-13/h1-9,14H/t14-/m1/s1. The van der Waals surface area contributed by atoms with Gasteiger partial charge in [0.05, 0.1) is 17.0 Å². The van der Waals surface area contributed by atoms with Gasteiger partial charge >= 0.3 is 0 Å². The fourth-order valence-corrected chi connectivity index (χ4v) is 1.83. The van der Waals surface area contributed by atoms with Gasteiger partial charge in [0.1, 0.15) is 0 Å². The number of hydrogen-bond acceptors (Lipinski definition) is 1. The molecule has 0 radical (unpaired) electrons. The molecule has 0 bridgehead atoms. The van der Waals surface area contributed by atoms with E-state index in [1.54, 1.807) is 12.1 Å². The minimum absolute atomic E-state index is 0.158. The van der Waals surface area contributed by atoms with Crippen LogP contribution in [0.3, 0.4) is 0 Å². The van der Waals surface area contributed by atoms with Crippen LogP contribution in [0.2, 0.25) is 0 Å². The first-order valence-electron chi connectivity index (χ1n) is 5.00. The van der Waals surface area contributed by atoms with Gasteiger partial charge in [-0.15, -0.1) is 11.6 Å². The van der Waals surface area contributed by atoms with Crippen molar-refractivity contribution in [1.29, 1.82) is 5.26 Å². The number of nitriles is 1. The summed E-state index contributed by atoms with van der Waals surface area (Å²) in [5.74, 6) is 0. The van der Waals surface area contributed by atoms with E-state index >= 15 is 0 Å². The second-order valence-electron chi connectivity index (χ2n) is 3.51. The van der Waals surface area contributed by atoms with Crippen molar-refractivity contribution < 1.29 is 0 Å². The molecule has 0 fully saturated rings. The van der Waals surface area contributed by atoms with Crippen LogP contribution in [0.5, 0.6) is 0 Å². The third kappa shape index (κ3) is 2.24. The lowest BCUT2D eigenvalue weighted by Crippen LogP contribution is -1.92. The number of halogens is 1. The molecule has 2 aromatic carbocycles. The van der Waals surface area contributed by atoms with E-state index in [1.165, 1.54) is 0 Å². The zero-order valence-electron chi connectivity index (χ0n) is 8.60. The van der Waals surface area contributed by atoms with Crippen molar-refractivity contribution in [3.63, 3.8) is 0 Å². The van der Waals surface area contributed by atoms with E-state index in [1.807, 2.05) is 42.5 Å². The molecule has 0 aliphatic heterocycles. The topological polar surface area (TPSA) is 23.8 Å². The van der Waals surface area contributed by atoms with Crippen molar-refractivity contribution >= 4 is 11.6 Å². The predicted octanol–water partition coefficient (Wildman–Crippen LogP) is 3.89. The SMILES string of the molecule is N#Cc1ccc([C@H](Cl)c2ccccc2)cc1. The van der Waals surface area contributed by atoms with Crippen molar-refractivity contribution in [3.8, 4) is 6.07 Å². The maximum Gasteiger partial charge on any atom is 0.0991 e. The molecule has 0 spiro atoms. The molecule has 0 aliphatic carbocycles. The molecule has 2 heteroatoms. The number of alkyl halides is 1. The largest absolute Gasteiger partial charge is 0.192 e. The molecular weight excluding hydrogens is 218 g/mol. The minimum Gasteiger partial charge on any atom is -0.192 e. The summed E-state index contributed by atoms with van der Waals surface area (Å²) in [6, 6.07) is 19.3. The molecule has 0 aliphatic rings. The van der Waals surface area contributed by atoms with Gasteiger partial charge in [-0.3, -0.25) is 0 Å². The first kappa shape index (κ1) is 10.7. The van der Waals surface area contributed by atoms with Gasteiger partial charge < -0.3 is 0 Å². The molecule has 0 saturated heterocycles. The van der Waals surface area contributed by atoms with Crippen LogP contribution in [0.25, 0.3) is 0 Å². The average Bonchev–Trinajstić information content (AvgIpc) is 2.39. The van der Waals surface area contributed by atoms with Crippen LogP contribution in [0, 0.1) is 11.3 Å². The Morgan fingerprint density at radius 1 is 0.875 bits per heavy atom. The molecule has 1 atom stereocenters. The third-order valence-corrected chi connectivity index (χ3v) is 2.93. The van der Waals surface area contributed by atoms with Crippen LogP contribution < -0.4 is 0 Å². The van der Waals surface area contributed by atoms with Crippen LogP contribution >= 0.6 is 11.6 Å². The van der Waals surface area contributed by atoms with Gasteiger partial charge in [0.2, 0.25) is 0 Å². The summed E-state index contributed by atoms with van der Waals surface area (Å²) in [7, 11) is 0. The van der Waals surface area contributed by atoms with Crippen molar-refractivity contribution in [2.45, 2.75) is 5.38 Å². The lowest BCUT2D eigenvalue weighted by Gasteiger charge is -2.09. The van der Waals surface area contributed by atoms with Crippen LogP contribution in [-0.4, -0.2) is 0 Å². The lowest BCUT2D eigenvalue weighted by atomic mass is 10.0. The fraction of sp³-hybridized carbons (Fsp3) is 0.0714. The lowest BCUT2D eigenvalue weighted by molar-refractivity contribution is 1.14. The molecule has 0 heterocycles. The molecule has 2 rings (SSSR count). The Morgan fingerprint density at radius 2 is 1.44 bits per heavy atom. The Labute approximate surface area is 99.9 Å². The smallest absolute Gasteiger partial charge is 0.0991 e. The van der Waals surface area contributed by atoms with E-state index in [2.05, 4.69) is 6.07 Å². The van der Waals surface area contributed by atoms with Gasteiger partial charge in [-0.25, -0.2) is 0 Å². The fourth-order valence-electron chi connectivity index (χ4n) is 1.54. The van der Waals surface area contributed by atoms with Crippen molar-refractivity contribution in [2.75, 3.05) is 0 Å². The van der Waals surface area contributed by atoms with Crippen LogP contribution in [-0.2, 0) is 0 Å². The summed E-state index contributed by atoms with van der Waals surface area (Å²) in [4.78, 5) is 0. The quantitative estimate of drug-likeness (QED) is 0.715. The molecule has 0 saturated carbocycles. The van der Waals surface area contributed by atoms with Gasteiger partial charge in [-0.05, 0) is 23.3 Å². The number of rotatable bonds is 2. The normalized spacial score (nSPS) is 11.8. The molecular formula is C14H10ClN. The molecule has 0 unspecified atom stereocenters. The van der Waals surface area contributed by atoms with Gasteiger partial charge in [-0.2, -0.15) is 5.26 Å². The highest BCUT2D eigenvalue weighted by Gasteiger charge is 2.09. The Morgan fingerprint density at radius 3 is 2.00 bits per heavy atom. The van der Waals surface area contributed by atoms with Crippen molar-refractivity contribution in [2.24, 2.45) is 0 Å². The average molecular weight is 228 g/mol. The summed E-state index contributed by atoms with van der Waals surface area (Å²) in [5.41, 5.74) is 2.72. The van der Waals surface area contributed by atoms with E-state index < -0.39 is 0 Å². The molecule has 2 aromatic rings. The van der Waals surface area contributed by atoms with Gasteiger partial charge in [0.15, 0.2) is 0 Å². The highest BCUT2D eigenvalue weighted by atomic mass is 35.5. The number of benzene rings is 2. The Hall–Kier alpha value is -1.78. The van der Waals surface area contributed by atoms with Gasteiger partial charge in [0, 0.05) is 0 Å².